The van der Waals surface area contributed by atoms with Crippen LogP contribution in [0, 0.1) is 12.8 Å². The Morgan fingerprint density at radius 1 is 1.35 bits per heavy atom. The Hall–Kier alpha value is -2.15. The molecule has 0 bridgehead atoms. The average Bonchev–Trinajstić information content (AvgIpc) is 3.19. The van der Waals surface area contributed by atoms with Crippen LogP contribution in [-0.4, -0.2) is 45.1 Å². The quantitative estimate of drug-likeness (QED) is 0.743. The van der Waals surface area contributed by atoms with Crippen LogP contribution in [-0.2, 0) is 17.7 Å². The van der Waals surface area contributed by atoms with Gasteiger partial charge in [-0.1, -0.05) is 6.42 Å². The van der Waals surface area contributed by atoms with Gasteiger partial charge in [-0.25, -0.2) is 9.97 Å². The molecule has 2 aromatic rings. The number of hydrogen-bond acceptors (Lipinski definition) is 5. The van der Waals surface area contributed by atoms with E-state index in [-0.39, 0.29) is 11.9 Å². The number of nitrogens with zero attached hydrogens (tertiary/aromatic N) is 4. The summed E-state index contributed by atoms with van der Waals surface area (Å²) in [5.74, 6) is 1.90. The Balaban J connectivity index is 1.39. The van der Waals surface area contributed by atoms with Crippen molar-refractivity contribution in [3.05, 3.63) is 35.6 Å². The summed E-state index contributed by atoms with van der Waals surface area (Å²) in [6, 6.07) is -0.0922. The molecule has 7 heteroatoms. The Kier molecular flexibility index (Phi) is 4.80. The van der Waals surface area contributed by atoms with Gasteiger partial charge in [0, 0.05) is 38.0 Å². The summed E-state index contributed by atoms with van der Waals surface area (Å²) in [5.41, 5.74) is 1.81. The number of hydrogen-bond donors (Lipinski definition) is 0. The number of carbonyl (C=O) groups excluding carboxylic acids is 1. The predicted molar refractivity (Wildman–Crippen MR) is 94.8 cm³/mol. The number of aryl methyl sites for hydroxylation is 1. The molecule has 1 aliphatic heterocycles. The largest absolute Gasteiger partial charge is 0.438 e. The van der Waals surface area contributed by atoms with Crippen LogP contribution in [0.15, 0.2) is 17.0 Å². The van der Waals surface area contributed by atoms with Gasteiger partial charge in [0.15, 0.2) is 6.39 Å². The van der Waals surface area contributed by atoms with E-state index in [2.05, 4.69) is 14.5 Å². The summed E-state index contributed by atoms with van der Waals surface area (Å²) in [6.45, 7) is 6.80. The van der Waals surface area contributed by atoms with E-state index in [1.165, 1.54) is 31.4 Å². The van der Waals surface area contributed by atoms with Crippen molar-refractivity contribution in [1.29, 1.82) is 0 Å². The summed E-state index contributed by atoms with van der Waals surface area (Å²) in [6.07, 6.45) is 8.08. The molecule has 0 spiro atoms. The summed E-state index contributed by atoms with van der Waals surface area (Å²) in [7, 11) is 0. The third-order valence-electron chi connectivity index (χ3n) is 5.66. The van der Waals surface area contributed by atoms with Crippen molar-refractivity contribution < 1.29 is 13.9 Å². The number of rotatable bonds is 6. The van der Waals surface area contributed by atoms with E-state index in [1.807, 2.05) is 18.0 Å². The van der Waals surface area contributed by atoms with Gasteiger partial charge in [0.25, 0.3) is 5.91 Å². The summed E-state index contributed by atoms with van der Waals surface area (Å²) in [5, 5.41) is 0. The highest BCUT2D eigenvalue weighted by molar-refractivity contribution is 5.92. The number of oxazole rings is 1. The van der Waals surface area contributed by atoms with Crippen LogP contribution < -0.4 is 0 Å². The average molecular weight is 358 g/mol. The minimum absolute atomic E-state index is 0.0922. The van der Waals surface area contributed by atoms with Crippen molar-refractivity contribution in [2.45, 2.75) is 52.1 Å². The number of ether oxygens (including phenoxy) is 1. The van der Waals surface area contributed by atoms with E-state index in [0.717, 1.165) is 37.9 Å². The first-order valence-corrected chi connectivity index (χ1v) is 9.48. The number of amides is 1. The van der Waals surface area contributed by atoms with E-state index >= 15 is 0 Å². The Morgan fingerprint density at radius 2 is 2.19 bits per heavy atom. The van der Waals surface area contributed by atoms with Gasteiger partial charge >= 0.3 is 0 Å². The fourth-order valence-electron chi connectivity index (χ4n) is 3.76. The fraction of sp³-hybridized carbons (Fsp3) is 0.632. The second-order valence-corrected chi connectivity index (χ2v) is 7.32. The predicted octanol–water partition coefficient (Wildman–Crippen LogP) is 2.76. The highest BCUT2D eigenvalue weighted by Crippen LogP contribution is 2.28. The molecular weight excluding hydrogens is 332 g/mol. The summed E-state index contributed by atoms with van der Waals surface area (Å²) < 4.78 is 13.3. The van der Waals surface area contributed by atoms with Crippen molar-refractivity contribution in [2.24, 2.45) is 5.92 Å². The number of imidazole rings is 1. The molecule has 1 atom stereocenters. The lowest BCUT2D eigenvalue weighted by Gasteiger charge is -2.34. The van der Waals surface area contributed by atoms with Gasteiger partial charge in [-0.05, 0) is 32.6 Å². The molecular formula is C19H26N4O3. The Morgan fingerprint density at radius 3 is 2.88 bits per heavy atom. The maximum atomic E-state index is 12.8. The van der Waals surface area contributed by atoms with Gasteiger partial charge in [-0.2, -0.15) is 0 Å². The van der Waals surface area contributed by atoms with E-state index in [4.69, 9.17) is 9.15 Å². The van der Waals surface area contributed by atoms with Gasteiger partial charge in [0.2, 0.25) is 5.76 Å². The molecule has 0 unspecified atom stereocenters. The second-order valence-electron chi connectivity index (χ2n) is 7.32. The molecule has 140 valence electrons. The molecule has 2 aliphatic rings. The molecule has 7 nitrogen and oxygen atoms in total. The van der Waals surface area contributed by atoms with Crippen LogP contribution in [0.5, 0.6) is 0 Å². The van der Waals surface area contributed by atoms with Crippen molar-refractivity contribution in [2.75, 3.05) is 19.8 Å². The molecule has 1 amide bonds. The lowest BCUT2D eigenvalue weighted by atomic mass is 9.86. The van der Waals surface area contributed by atoms with Crippen LogP contribution in [0.4, 0.5) is 0 Å². The molecule has 0 radical (unpaired) electrons. The first-order chi connectivity index (χ1) is 12.6. The van der Waals surface area contributed by atoms with Crippen LogP contribution in [0.1, 0.15) is 60.0 Å². The zero-order valence-electron chi connectivity index (χ0n) is 15.5. The van der Waals surface area contributed by atoms with Crippen LogP contribution in [0.25, 0.3) is 0 Å². The van der Waals surface area contributed by atoms with Gasteiger partial charge in [0.05, 0.1) is 18.3 Å². The molecule has 1 aliphatic carbocycles. The molecule has 4 rings (SSSR count). The van der Waals surface area contributed by atoms with Crippen LogP contribution in [0.2, 0.25) is 0 Å². The lowest BCUT2D eigenvalue weighted by Crippen LogP contribution is -2.41. The molecule has 3 heterocycles. The second kappa shape index (κ2) is 7.23. The molecule has 1 fully saturated rings. The molecule has 1 saturated carbocycles. The Labute approximate surface area is 153 Å². The monoisotopic (exact) mass is 358 g/mol. The van der Waals surface area contributed by atoms with Gasteiger partial charge in [0.1, 0.15) is 5.82 Å². The van der Waals surface area contributed by atoms with Crippen molar-refractivity contribution in [3.8, 4) is 0 Å². The smallest absolute Gasteiger partial charge is 0.292 e. The molecule has 0 saturated heterocycles. The molecule has 0 N–H and O–H groups in total. The lowest BCUT2D eigenvalue weighted by molar-refractivity contribution is 0.0596. The first kappa shape index (κ1) is 17.3. The third-order valence-corrected chi connectivity index (χ3v) is 5.66. The van der Waals surface area contributed by atoms with Crippen LogP contribution in [0.3, 0.4) is 0 Å². The summed E-state index contributed by atoms with van der Waals surface area (Å²) in [4.78, 5) is 23.2. The van der Waals surface area contributed by atoms with Crippen LogP contribution >= 0.6 is 0 Å². The first-order valence-electron chi connectivity index (χ1n) is 9.48. The highest BCUT2D eigenvalue weighted by atomic mass is 16.5. The van der Waals surface area contributed by atoms with Gasteiger partial charge in [-0.3, -0.25) is 4.79 Å². The minimum Gasteiger partial charge on any atom is -0.438 e. The zero-order chi connectivity index (χ0) is 18.1. The third kappa shape index (κ3) is 3.16. The molecule has 26 heavy (non-hydrogen) atoms. The van der Waals surface area contributed by atoms with Gasteiger partial charge in [-0.15, -0.1) is 0 Å². The normalized spacial score (nSPS) is 20.1. The maximum Gasteiger partial charge on any atom is 0.292 e. The van der Waals surface area contributed by atoms with Crippen molar-refractivity contribution >= 4 is 5.91 Å². The standard InChI is InChI=1S/C19H26N4O3/c1-13-17(26-12-21-13)19(24)22-7-8-23-16(10-20-18(23)14(22)2)6-9-25-11-15-4-3-5-15/h10,12,14-15H,3-9,11H2,1-2H3/t14-/m0/s1. The zero-order valence-corrected chi connectivity index (χ0v) is 15.5. The van der Waals surface area contributed by atoms with E-state index in [1.54, 1.807) is 6.92 Å². The highest BCUT2D eigenvalue weighted by Gasteiger charge is 2.32. The fourth-order valence-corrected chi connectivity index (χ4v) is 3.76. The number of fused-ring (bicyclic) bond motifs is 1. The van der Waals surface area contributed by atoms with E-state index < -0.39 is 0 Å². The van der Waals surface area contributed by atoms with E-state index in [9.17, 15) is 4.79 Å². The topological polar surface area (TPSA) is 73.4 Å². The van der Waals surface area contributed by atoms with Crippen molar-refractivity contribution in [3.63, 3.8) is 0 Å². The Bertz CT molecular complexity index is 778. The number of carbonyl (C=O) groups is 1. The number of aromatic nitrogens is 3. The minimum atomic E-state index is -0.118. The maximum absolute atomic E-state index is 12.8. The van der Waals surface area contributed by atoms with Crippen molar-refractivity contribution in [1.82, 2.24) is 19.4 Å². The van der Waals surface area contributed by atoms with E-state index in [0.29, 0.717) is 18.0 Å². The molecule has 2 aromatic heterocycles. The molecule has 0 aromatic carbocycles. The SMILES string of the molecule is Cc1ncoc1C(=O)N1CCn2c(CCOCC3CCC3)cnc2[C@@H]1C. The van der Waals surface area contributed by atoms with Gasteiger partial charge < -0.3 is 18.6 Å². The summed E-state index contributed by atoms with van der Waals surface area (Å²) >= 11 is 0.